The molecule has 1 atom stereocenters. The van der Waals surface area contributed by atoms with Gasteiger partial charge in [0.1, 0.15) is 16.7 Å². The lowest BCUT2D eigenvalue weighted by molar-refractivity contribution is -0.133. The number of carbonyl (C=O) groups excluding carboxylic acids is 1. The summed E-state index contributed by atoms with van der Waals surface area (Å²) in [6, 6.07) is 12.4. The Morgan fingerprint density at radius 3 is 2.57 bits per heavy atom. The van der Waals surface area contributed by atoms with Gasteiger partial charge in [-0.2, -0.15) is 0 Å². The lowest BCUT2D eigenvalue weighted by atomic mass is 10.3. The van der Waals surface area contributed by atoms with Gasteiger partial charge in [0, 0.05) is 12.3 Å². The van der Waals surface area contributed by atoms with E-state index in [2.05, 4.69) is 11.9 Å². The van der Waals surface area contributed by atoms with Crippen LogP contribution in [0.5, 0.6) is 17.4 Å². The van der Waals surface area contributed by atoms with Crippen LogP contribution in [0.3, 0.4) is 0 Å². The Morgan fingerprint density at radius 1 is 1.17 bits per heavy atom. The Kier molecular flexibility index (Phi) is 6.94. The fourth-order valence-electron chi connectivity index (χ4n) is 1.78. The van der Waals surface area contributed by atoms with Gasteiger partial charge in [-0.3, -0.25) is 4.79 Å². The maximum Gasteiger partial charge on any atom is 0.324 e. The third kappa shape index (κ3) is 5.94. The van der Waals surface area contributed by atoms with Gasteiger partial charge in [0.05, 0.1) is 0 Å². The normalized spacial score (nSPS) is 11.7. The highest BCUT2D eigenvalue weighted by molar-refractivity contribution is 8.00. The molecule has 4 nitrogen and oxygen atoms in total. The van der Waals surface area contributed by atoms with Crippen molar-refractivity contribution in [1.82, 2.24) is 4.98 Å². The van der Waals surface area contributed by atoms with Gasteiger partial charge in [-0.15, -0.1) is 11.8 Å². The van der Waals surface area contributed by atoms with Gasteiger partial charge in [-0.1, -0.05) is 19.4 Å². The summed E-state index contributed by atoms with van der Waals surface area (Å²) in [6.07, 6.45) is 3.91. The fourth-order valence-corrected chi connectivity index (χ4v) is 2.77. The van der Waals surface area contributed by atoms with E-state index in [0.29, 0.717) is 17.4 Å². The molecule has 1 aromatic heterocycles. The number of carbonyl (C=O) groups is 1. The summed E-state index contributed by atoms with van der Waals surface area (Å²) < 4.78 is 11.0. The number of pyridine rings is 1. The summed E-state index contributed by atoms with van der Waals surface area (Å²) in [4.78, 5) is 16.1. The van der Waals surface area contributed by atoms with Crippen molar-refractivity contribution >= 4 is 17.7 Å². The van der Waals surface area contributed by atoms with Crippen molar-refractivity contribution in [3.63, 3.8) is 0 Å². The lowest BCUT2D eigenvalue weighted by Crippen LogP contribution is -2.20. The Hall–Kier alpha value is -2.01. The van der Waals surface area contributed by atoms with E-state index in [4.69, 9.17) is 9.47 Å². The van der Waals surface area contributed by atoms with Crippen molar-refractivity contribution in [2.24, 2.45) is 0 Å². The predicted octanol–water partition coefficient (Wildman–Crippen LogP) is 4.70. The minimum Gasteiger partial charge on any atom is -0.439 e. The molecule has 5 heteroatoms. The third-order valence-corrected chi connectivity index (χ3v) is 4.32. The number of nitrogens with zero attached hydrogens (tertiary/aromatic N) is 1. The summed E-state index contributed by atoms with van der Waals surface area (Å²) >= 11 is 1.63. The molecule has 0 saturated heterocycles. The van der Waals surface area contributed by atoms with Crippen LogP contribution in [-0.2, 0) is 4.79 Å². The molecule has 1 unspecified atom stereocenters. The minimum absolute atomic E-state index is 0.161. The van der Waals surface area contributed by atoms with Crippen LogP contribution >= 0.6 is 11.8 Å². The van der Waals surface area contributed by atoms with Gasteiger partial charge in [-0.05, 0) is 49.4 Å². The van der Waals surface area contributed by atoms with E-state index >= 15 is 0 Å². The van der Waals surface area contributed by atoms with Crippen LogP contribution < -0.4 is 9.47 Å². The first kappa shape index (κ1) is 17.3. The SMILES string of the molecule is CCCCSC(C)C(=O)Oc1ccc(Oc2ccccn2)cc1. The first-order valence-corrected chi connectivity index (χ1v) is 8.76. The van der Waals surface area contributed by atoms with Gasteiger partial charge < -0.3 is 9.47 Å². The van der Waals surface area contributed by atoms with Crippen molar-refractivity contribution < 1.29 is 14.3 Å². The molecule has 0 bridgehead atoms. The van der Waals surface area contributed by atoms with Crippen LogP contribution in [0.2, 0.25) is 0 Å². The van der Waals surface area contributed by atoms with Crippen molar-refractivity contribution in [3.05, 3.63) is 48.7 Å². The molecular formula is C18H21NO3S. The molecule has 2 aromatic rings. The van der Waals surface area contributed by atoms with E-state index in [1.165, 1.54) is 0 Å². The molecule has 0 N–H and O–H groups in total. The number of thioether (sulfide) groups is 1. The number of benzene rings is 1. The van der Waals surface area contributed by atoms with Crippen molar-refractivity contribution in [2.75, 3.05) is 5.75 Å². The molecule has 0 spiro atoms. The zero-order valence-corrected chi connectivity index (χ0v) is 14.2. The molecule has 122 valence electrons. The molecule has 0 radical (unpaired) electrons. The summed E-state index contributed by atoms with van der Waals surface area (Å²) in [5.41, 5.74) is 0. The average molecular weight is 331 g/mol. The second kappa shape index (κ2) is 9.20. The molecule has 0 amide bonds. The van der Waals surface area contributed by atoms with Gasteiger partial charge in [0.25, 0.3) is 0 Å². The van der Waals surface area contributed by atoms with Crippen molar-refractivity contribution in [1.29, 1.82) is 0 Å². The number of unbranched alkanes of at least 4 members (excludes halogenated alkanes) is 1. The number of hydrogen-bond donors (Lipinski definition) is 0. The first-order chi connectivity index (χ1) is 11.2. The second-order valence-corrected chi connectivity index (χ2v) is 6.48. The Labute approximate surface area is 141 Å². The van der Waals surface area contributed by atoms with Crippen LogP contribution in [-0.4, -0.2) is 22.0 Å². The van der Waals surface area contributed by atoms with E-state index in [9.17, 15) is 4.79 Å². The molecule has 1 heterocycles. The molecule has 0 aliphatic heterocycles. The summed E-state index contributed by atoms with van der Waals surface area (Å²) in [7, 11) is 0. The lowest BCUT2D eigenvalue weighted by Gasteiger charge is -2.11. The smallest absolute Gasteiger partial charge is 0.324 e. The highest BCUT2D eigenvalue weighted by Crippen LogP contribution is 2.23. The van der Waals surface area contributed by atoms with E-state index in [1.54, 1.807) is 48.3 Å². The van der Waals surface area contributed by atoms with Gasteiger partial charge in [-0.25, -0.2) is 4.98 Å². The largest absolute Gasteiger partial charge is 0.439 e. The van der Waals surface area contributed by atoms with Gasteiger partial charge >= 0.3 is 5.97 Å². The van der Waals surface area contributed by atoms with E-state index < -0.39 is 0 Å². The molecule has 1 aromatic carbocycles. The van der Waals surface area contributed by atoms with E-state index in [0.717, 1.165) is 18.6 Å². The van der Waals surface area contributed by atoms with Crippen LogP contribution in [0.4, 0.5) is 0 Å². The quantitative estimate of drug-likeness (QED) is 0.398. The monoisotopic (exact) mass is 331 g/mol. The first-order valence-electron chi connectivity index (χ1n) is 7.71. The highest BCUT2D eigenvalue weighted by Gasteiger charge is 2.15. The zero-order valence-electron chi connectivity index (χ0n) is 13.4. The Morgan fingerprint density at radius 2 is 1.91 bits per heavy atom. The maximum atomic E-state index is 12.0. The fraction of sp³-hybridized carbons (Fsp3) is 0.333. The number of aromatic nitrogens is 1. The van der Waals surface area contributed by atoms with Crippen LogP contribution in [0.25, 0.3) is 0 Å². The molecule has 0 aliphatic rings. The Bertz CT molecular complexity index is 601. The van der Waals surface area contributed by atoms with E-state index in [1.807, 2.05) is 19.1 Å². The number of hydrogen-bond acceptors (Lipinski definition) is 5. The number of esters is 1. The molecule has 0 fully saturated rings. The van der Waals surface area contributed by atoms with Crippen LogP contribution in [0, 0.1) is 0 Å². The molecule has 0 saturated carbocycles. The van der Waals surface area contributed by atoms with Crippen molar-refractivity contribution in [2.45, 2.75) is 31.9 Å². The molecule has 23 heavy (non-hydrogen) atoms. The van der Waals surface area contributed by atoms with Gasteiger partial charge in [0.2, 0.25) is 5.88 Å². The summed E-state index contributed by atoms with van der Waals surface area (Å²) in [5.74, 6) is 2.45. The maximum absolute atomic E-state index is 12.0. The van der Waals surface area contributed by atoms with E-state index in [-0.39, 0.29) is 11.2 Å². The van der Waals surface area contributed by atoms with Crippen LogP contribution in [0.1, 0.15) is 26.7 Å². The molecular weight excluding hydrogens is 310 g/mol. The van der Waals surface area contributed by atoms with Crippen LogP contribution in [0.15, 0.2) is 48.7 Å². The summed E-state index contributed by atoms with van der Waals surface area (Å²) in [6.45, 7) is 4.01. The highest BCUT2D eigenvalue weighted by atomic mass is 32.2. The predicted molar refractivity (Wildman–Crippen MR) is 93.2 cm³/mol. The average Bonchev–Trinajstić information content (AvgIpc) is 2.57. The number of rotatable bonds is 8. The summed E-state index contributed by atoms with van der Waals surface area (Å²) in [5, 5.41) is -0.161. The molecule has 0 aliphatic carbocycles. The Balaban J connectivity index is 1.86. The topological polar surface area (TPSA) is 48.4 Å². The van der Waals surface area contributed by atoms with Gasteiger partial charge in [0.15, 0.2) is 0 Å². The third-order valence-electron chi connectivity index (χ3n) is 3.10. The molecule has 2 rings (SSSR count). The number of ether oxygens (including phenoxy) is 2. The standard InChI is InChI=1S/C18H21NO3S/c1-3-4-13-23-14(2)18(20)22-16-10-8-15(9-11-16)21-17-7-5-6-12-19-17/h5-12,14H,3-4,13H2,1-2H3. The van der Waals surface area contributed by atoms with Crippen molar-refractivity contribution in [3.8, 4) is 17.4 Å². The second-order valence-electron chi connectivity index (χ2n) is 5.03. The zero-order chi connectivity index (χ0) is 16.5. The minimum atomic E-state index is -0.218.